The van der Waals surface area contributed by atoms with E-state index in [2.05, 4.69) is 10.6 Å². The Kier molecular flexibility index (Phi) is 7.08. The maximum Gasteiger partial charge on any atom is 0.279 e. The van der Waals surface area contributed by atoms with Gasteiger partial charge in [0.1, 0.15) is 5.75 Å². The van der Waals surface area contributed by atoms with E-state index >= 15 is 0 Å². The van der Waals surface area contributed by atoms with Crippen LogP contribution in [0.4, 0.5) is 11.4 Å². The number of carbonyl (C=O) groups is 3. The number of likely N-dealkylation sites (N-methyl/N-ethyl adjacent to an activating group) is 1. The van der Waals surface area contributed by atoms with Gasteiger partial charge >= 0.3 is 0 Å². The second-order valence-corrected chi connectivity index (χ2v) is 6.28. The van der Waals surface area contributed by atoms with E-state index in [-0.39, 0.29) is 30.7 Å². The lowest BCUT2D eigenvalue weighted by Crippen LogP contribution is -3.11. The lowest BCUT2D eigenvalue weighted by Gasteiger charge is -2.14. The van der Waals surface area contributed by atoms with E-state index in [1.807, 2.05) is 0 Å². The van der Waals surface area contributed by atoms with Gasteiger partial charge in [-0.25, -0.2) is 0 Å². The number of rotatable bonds is 8. The molecular weight excluding hydrogens is 346 g/mol. The van der Waals surface area contributed by atoms with Crippen molar-refractivity contribution >= 4 is 29.0 Å². The summed E-state index contributed by atoms with van der Waals surface area (Å²) >= 11 is 0. The summed E-state index contributed by atoms with van der Waals surface area (Å²) in [6.07, 6.45) is 0. The Morgan fingerprint density at radius 3 is 2.04 bits per heavy atom. The molecule has 2 aromatic rings. The minimum absolute atomic E-state index is 0.0666. The zero-order valence-electron chi connectivity index (χ0n) is 15.7. The topological polar surface area (TPSA) is 88.9 Å². The first-order valence-corrected chi connectivity index (χ1v) is 8.53. The minimum Gasteiger partial charge on any atom is -0.497 e. The number of nitrogens with one attached hydrogen (secondary N) is 3. The number of benzene rings is 2. The van der Waals surface area contributed by atoms with Crippen LogP contribution in [0, 0.1) is 0 Å². The first kappa shape index (κ1) is 20.1. The molecule has 2 rings (SSSR count). The van der Waals surface area contributed by atoms with E-state index in [1.165, 1.54) is 6.92 Å². The van der Waals surface area contributed by atoms with Crippen molar-refractivity contribution in [3.8, 4) is 5.75 Å². The molecule has 0 spiro atoms. The van der Waals surface area contributed by atoms with Gasteiger partial charge in [-0.15, -0.1) is 0 Å². The molecule has 0 saturated carbocycles. The fourth-order valence-corrected chi connectivity index (χ4v) is 2.54. The number of anilines is 2. The predicted molar refractivity (Wildman–Crippen MR) is 103 cm³/mol. The molecule has 0 aliphatic carbocycles. The van der Waals surface area contributed by atoms with Gasteiger partial charge in [-0.2, -0.15) is 0 Å². The lowest BCUT2D eigenvalue weighted by atomic mass is 10.1. The van der Waals surface area contributed by atoms with Crippen LogP contribution in [0.3, 0.4) is 0 Å². The van der Waals surface area contributed by atoms with Crippen molar-refractivity contribution in [1.29, 1.82) is 0 Å². The molecule has 0 heterocycles. The summed E-state index contributed by atoms with van der Waals surface area (Å²) in [6.45, 7) is 1.73. The molecule has 0 bridgehead atoms. The van der Waals surface area contributed by atoms with Gasteiger partial charge in [0.2, 0.25) is 0 Å². The SMILES string of the molecule is COc1cccc(NC(=O)C[NH+](C)CC(=O)Nc2cccc(C(C)=O)c2)c1. The van der Waals surface area contributed by atoms with Crippen molar-refractivity contribution in [3.05, 3.63) is 54.1 Å². The number of quaternary nitrogens is 1. The van der Waals surface area contributed by atoms with Crippen LogP contribution in [0.5, 0.6) is 5.75 Å². The van der Waals surface area contributed by atoms with Gasteiger partial charge in [0.05, 0.1) is 14.2 Å². The van der Waals surface area contributed by atoms with E-state index in [0.29, 0.717) is 22.7 Å². The Balaban J connectivity index is 1.84. The number of methoxy groups -OCH3 is 1. The summed E-state index contributed by atoms with van der Waals surface area (Å²) in [6, 6.07) is 13.8. The van der Waals surface area contributed by atoms with Gasteiger partial charge in [-0.1, -0.05) is 18.2 Å². The van der Waals surface area contributed by atoms with Gasteiger partial charge in [0.25, 0.3) is 11.8 Å². The minimum atomic E-state index is -0.234. The number of hydrogen-bond donors (Lipinski definition) is 3. The Labute approximate surface area is 158 Å². The molecule has 27 heavy (non-hydrogen) atoms. The highest BCUT2D eigenvalue weighted by Gasteiger charge is 2.15. The molecule has 0 saturated heterocycles. The highest BCUT2D eigenvalue weighted by Crippen LogP contribution is 2.16. The Bertz CT molecular complexity index is 835. The number of ether oxygens (including phenoxy) is 1. The second kappa shape index (κ2) is 9.49. The van der Waals surface area contributed by atoms with Crippen LogP contribution in [-0.2, 0) is 9.59 Å². The molecule has 1 atom stereocenters. The summed E-state index contributed by atoms with van der Waals surface area (Å²) < 4.78 is 5.12. The Morgan fingerprint density at radius 2 is 1.48 bits per heavy atom. The number of amides is 2. The summed E-state index contributed by atoms with van der Waals surface area (Å²) in [5.74, 6) is 0.151. The molecule has 0 radical (unpaired) electrons. The summed E-state index contributed by atoms with van der Waals surface area (Å²) in [5.41, 5.74) is 1.73. The second-order valence-electron chi connectivity index (χ2n) is 6.28. The molecule has 142 valence electrons. The van der Waals surface area contributed by atoms with Crippen LogP contribution in [0.2, 0.25) is 0 Å². The maximum absolute atomic E-state index is 12.2. The molecule has 7 nitrogen and oxygen atoms in total. The molecule has 2 aromatic carbocycles. The Morgan fingerprint density at radius 1 is 0.926 bits per heavy atom. The lowest BCUT2D eigenvalue weighted by molar-refractivity contribution is -0.862. The van der Waals surface area contributed by atoms with Crippen molar-refractivity contribution in [2.75, 3.05) is 37.9 Å². The quantitative estimate of drug-likeness (QED) is 0.605. The summed E-state index contributed by atoms with van der Waals surface area (Å²) in [4.78, 5) is 36.4. The largest absolute Gasteiger partial charge is 0.497 e. The fraction of sp³-hybridized carbons (Fsp3) is 0.250. The van der Waals surface area contributed by atoms with Gasteiger partial charge in [-0.3, -0.25) is 14.4 Å². The summed E-state index contributed by atoms with van der Waals surface area (Å²) in [5, 5.41) is 5.53. The molecule has 0 fully saturated rings. The normalized spacial score (nSPS) is 11.4. The molecule has 3 N–H and O–H groups in total. The van der Waals surface area contributed by atoms with Crippen LogP contribution in [0.25, 0.3) is 0 Å². The molecule has 2 amide bonds. The van der Waals surface area contributed by atoms with Gasteiger partial charge in [-0.05, 0) is 31.2 Å². The van der Waals surface area contributed by atoms with Crippen molar-refractivity contribution in [1.82, 2.24) is 0 Å². The highest BCUT2D eigenvalue weighted by molar-refractivity contribution is 5.97. The monoisotopic (exact) mass is 370 g/mol. The number of carbonyl (C=O) groups excluding carboxylic acids is 3. The van der Waals surface area contributed by atoms with Crippen LogP contribution >= 0.6 is 0 Å². The number of ketones is 1. The third kappa shape index (κ3) is 6.56. The van der Waals surface area contributed by atoms with E-state index < -0.39 is 0 Å². The van der Waals surface area contributed by atoms with E-state index in [4.69, 9.17) is 4.74 Å². The van der Waals surface area contributed by atoms with Crippen molar-refractivity contribution in [2.24, 2.45) is 0 Å². The van der Waals surface area contributed by atoms with E-state index in [0.717, 1.165) is 4.90 Å². The van der Waals surface area contributed by atoms with Gasteiger partial charge in [0.15, 0.2) is 18.9 Å². The predicted octanol–water partition coefficient (Wildman–Crippen LogP) is 0.990. The van der Waals surface area contributed by atoms with Crippen molar-refractivity contribution in [3.63, 3.8) is 0 Å². The zero-order chi connectivity index (χ0) is 19.8. The third-order valence-corrected chi connectivity index (χ3v) is 3.83. The van der Waals surface area contributed by atoms with Gasteiger partial charge < -0.3 is 20.3 Å². The van der Waals surface area contributed by atoms with E-state index in [1.54, 1.807) is 62.7 Å². The molecule has 7 heteroatoms. The van der Waals surface area contributed by atoms with E-state index in [9.17, 15) is 14.4 Å². The Hall–Kier alpha value is -3.19. The third-order valence-electron chi connectivity index (χ3n) is 3.83. The van der Waals surface area contributed by atoms with Crippen molar-refractivity contribution < 1.29 is 24.0 Å². The average molecular weight is 370 g/mol. The maximum atomic E-state index is 12.2. The van der Waals surface area contributed by atoms with Crippen LogP contribution in [-0.4, -0.2) is 44.8 Å². The highest BCUT2D eigenvalue weighted by atomic mass is 16.5. The average Bonchev–Trinajstić information content (AvgIpc) is 2.61. The van der Waals surface area contributed by atoms with Crippen LogP contribution in [0.1, 0.15) is 17.3 Å². The zero-order valence-corrected chi connectivity index (χ0v) is 15.7. The molecule has 0 aliphatic heterocycles. The summed E-state index contributed by atoms with van der Waals surface area (Å²) in [7, 11) is 3.32. The van der Waals surface area contributed by atoms with Crippen LogP contribution < -0.4 is 20.3 Å². The number of hydrogen-bond acceptors (Lipinski definition) is 4. The van der Waals surface area contributed by atoms with Crippen molar-refractivity contribution in [2.45, 2.75) is 6.92 Å². The molecule has 0 aliphatic rings. The molecular formula is C20H24N3O4+. The van der Waals surface area contributed by atoms with Crippen LogP contribution in [0.15, 0.2) is 48.5 Å². The first-order chi connectivity index (χ1) is 12.9. The smallest absolute Gasteiger partial charge is 0.279 e. The standard InChI is InChI=1S/C20H23N3O4/c1-14(24)15-6-4-7-16(10-15)21-19(25)12-23(2)13-20(26)22-17-8-5-9-18(11-17)27-3/h4-11H,12-13H2,1-3H3,(H,21,25)(H,22,26)/p+1. The van der Waals surface area contributed by atoms with Gasteiger partial charge in [0, 0.05) is 23.0 Å². The molecule has 1 unspecified atom stereocenters. The number of Topliss-reactive ketones (excluding diaryl/α,β-unsaturated/α-hetero) is 1. The molecule has 0 aromatic heterocycles. The fourth-order valence-electron chi connectivity index (χ4n) is 2.54. The first-order valence-electron chi connectivity index (χ1n) is 8.53.